The van der Waals surface area contributed by atoms with E-state index in [1.54, 1.807) is 17.7 Å². The SMILES string of the molecule is Cn1c(CC#N)ccc1C(=O)C(Cl)(Cl)Cl. The van der Waals surface area contributed by atoms with E-state index in [0.29, 0.717) is 5.69 Å². The van der Waals surface area contributed by atoms with E-state index in [9.17, 15) is 4.79 Å². The van der Waals surface area contributed by atoms with Crippen LogP contribution in [-0.4, -0.2) is 14.1 Å². The maximum absolute atomic E-state index is 11.6. The third kappa shape index (κ3) is 2.66. The van der Waals surface area contributed by atoms with Crippen LogP contribution in [0.3, 0.4) is 0 Å². The summed E-state index contributed by atoms with van der Waals surface area (Å²) in [6.45, 7) is 0. The third-order valence-electron chi connectivity index (χ3n) is 1.98. The fraction of sp³-hybridized carbons (Fsp3) is 0.333. The summed E-state index contributed by atoms with van der Waals surface area (Å²) in [6.07, 6.45) is 0.212. The molecule has 0 N–H and O–H groups in total. The van der Waals surface area contributed by atoms with Crippen molar-refractivity contribution in [2.24, 2.45) is 7.05 Å². The van der Waals surface area contributed by atoms with Crippen LogP contribution in [0.15, 0.2) is 12.1 Å². The quantitative estimate of drug-likeness (QED) is 0.609. The fourth-order valence-electron chi connectivity index (χ4n) is 1.19. The van der Waals surface area contributed by atoms with Crippen LogP contribution in [0.2, 0.25) is 0 Å². The van der Waals surface area contributed by atoms with Crippen LogP contribution in [0.25, 0.3) is 0 Å². The topological polar surface area (TPSA) is 45.8 Å². The van der Waals surface area contributed by atoms with Gasteiger partial charge in [-0.3, -0.25) is 4.79 Å². The predicted molar refractivity (Wildman–Crippen MR) is 59.4 cm³/mol. The van der Waals surface area contributed by atoms with Gasteiger partial charge in [-0.15, -0.1) is 0 Å². The van der Waals surface area contributed by atoms with E-state index >= 15 is 0 Å². The maximum atomic E-state index is 11.6. The highest BCUT2D eigenvalue weighted by molar-refractivity contribution is 6.77. The Bertz CT molecular complexity index is 426. The van der Waals surface area contributed by atoms with Crippen molar-refractivity contribution in [3.05, 3.63) is 23.5 Å². The third-order valence-corrected chi connectivity index (χ3v) is 2.49. The number of alkyl halides is 3. The van der Waals surface area contributed by atoms with Gasteiger partial charge in [0.2, 0.25) is 5.78 Å². The molecular weight excluding hydrogens is 258 g/mol. The Hall–Kier alpha value is -0.690. The molecule has 0 saturated carbocycles. The van der Waals surface area contributed by atoms with E-state index in [1.807, 2.05) is 6.07 Å². The van der Waals surface area contributed by atoms with Crippen molar-refractivity contribution in [3.8, 4) is 6.07 Å². The number of halogens is 3. The highest BCUT2D eigenvalue weighted by Gasteiger charge is 2.33. The first-order valence-electron chi connectivity index (χ1n) is 4.01. The zero-order chi connectivity index (χ0) is 11.6. The van der Waals surface area contributed by atoms with Gasteiger partial charge in [0.1, 0.15) is 0 Å². The summed E-state index contributed by atoms with van der Waals surface area (Å²) in [5.41, 5.74) is 0.982. The minimum absolute atomic E-state index is 0.212. The van der Waals surface area contributed by atoms with Crippen molar-refractivity contribution in [2.45, 2.75) is 10.2 Å². The minimum Gasteiger partial charge on any atom is -0.344 e. The molecule has 0 aromatic carbocycles. The van der Waals surface area contributed by atoms with Gasteiger partial charge < -0.3 is 4.57 Å². The molecular formula is C9H7Cl3N2O. The second-order valence-corrected chi connectivity index (χ2v) is 5.21. The summed E-state index contributed by atoms with van der Waals surface area (Å²) < 4.78 is -0.413. The van der Waals surface area contributed by atoms with Gasteiger partial charge in [-0.1, -0.05) is 34.8 Å². The Morgan fingerprint density at radius 3 is 2.60 bits per heavy atom. The second-order valence-electron chi connectivity index (χ2n) is 2.93. The van der Waals surface area contributed by atoms with Crippen LogP contribution < -0.4 is 0 Å². The molecule has 0 saturated heterocycles. The average Bonchev–Trinajstić information content (AvgIpc) is 2.46. The number of ketones is 1. The van der Waals surface area contributed by atoms with E-state index in [2.05, 4.69) is 0 Å². The Balaban J connectivity index is 3.08. The summed E-state index contributed by atoms with van der Waals surface area (Å²) in [4.78, 5) is 11.6. The molecule has 3 nitrogen and oxygen atoms in total. The Kier molecular flexibility index (Phi) is 3.67. The number of hydrogen-bond donors (Lipinski definition) is 0. The Morgan fingerprint density at radius 1 is 1.53 bits per heavy atom. The molecule has 0 aliphatic rings. The standard InChI is InChI=1S/C9H7Cl3N2O/c1-14-6(4-5-13)2-3-7(14)8(15)9(10,11)12/h2-3H,4H2,1H3. The molecule has 6 heteroatoms. The lowest BCUT2D eigenvalue weighted by molar-refractivity contribution is 0.0988. The average molecular weight is 266 g/mol. The molecule has 0 amide bonds. The Labute approximate surface area is 102 Å². The first-order valence-corrected chi connectivity index (χ1v) is 5.14. The number of nitrogens with zero attached hydrogens (tertiary/aromatic N) is 2. The van der Waals surface area contributed by atoms with Gasteiger partial charge in [0, 0.05) is 12.7 Å². The van der Waals surface area contributed by atoms with Crippen molar-refractivity contribution in [2.75, 3.05) is 0 Å². The first-order chi connectivity index (χ1) is 6.88. The van der Waals surface area contributed by atoms with Crippen molar-refractivity contribution >= 4 is 40.6 Å². The van der Waals surface area contributed by atoms with Crippen LogP contribution in [0.1, 0.15) is 16.2 Å². The van der Waals surface area contributed by atoms with Crippen LogP contribution in [0.4, 0.5) is 0 Å². The second kappa shape index (κ2) is 4.44. The van der Waals surface area contributed by atoms with Gasteiger partial charge in [-0.25, -0.2) is 0 Å². The molecule has 0 aliphatic carbocycles. The molecule has 0 radical (unpaired) electrons. The number of nitriles is 1. The number of carbonyl (C=O) groups is 1. The van der Waals surface area contributed by atoms with Gasteiger partial charge in [0.15, 0.2) is 0 Å². The molecule has 0 atom stereocenters. The molecule has 80 valence electrons. The molecule has 1 heterocycles. The predicted octanol–water partition coefficient (Wildman–Crippen LogP) is 2.64. The highest BCUT2D eigenvalue weighted by atomic mass is 35.6. The van der Waals surface area contributed by atoms with Crippen LogP contribution >= 0.6 is 34.8 Å². The van der Waals surface area contributed by atoms with E-state index < -0.39 is 9.58 Å². The molecule has 0 unspecified atom stereocenters. The van der Waals surface area contributed by atoms with Crippen LogP contribution in [-0.2, 0) is 13.5 Å². The summed E-state index contributed by atoms with van der Waals surface area (Å²) in [5, 5.41) is 8.53. The molecule has 1 aromatic heterocycles. The normalized spacial score (nSPS) is 11.1. The molecule has 1 aromatic rings. The zero-order valence-corrected chi connectivity index (χ0v) is 10.1. The van der Waals surface area contributed by atoms with Crippen molar-refractivity contribution in [1.29, 1.82) is 5.26 Å². The van der Waals surface area contributed by atoms with Crippen molar-refractivity contribution in [3.63, 3.8) is 0 Å². The minimum atomic E-state index is -1.96. The lowest BCUT2D eigenvalue weighted by atomic mass is 10.3. The number of Topliss-reactive ketones (excluding diaryl/α,β-unsaturated/α-hetero) is 1. The van der Waals surface area contributed by atoms with E-state index in [1.165, 1.54) is 6.07 Å². The molecule has 0 fully saturated rings. The van der Waals surface area contributed by atoms with Gasteiger partial charge in [-0.05, 0) is 12.1 Å². The molecule has 1 rings (SSSR count). The summed E-state index contributed by atoms with van der Waals surface area (Å²) >= 11 is 16.4. The lowest BCUT2D eigenvalue weighted by Crippen LogP contribution is -2.22. The number of carbonyl (C=O) groups excluding carboxylic acids is 1. The van der Waals surface area contributed by atoms with Gasteiger partial charge in [0.05, 0.1) is 18.2 Å². The highest BCUT2D eigenvalue weighted by Crippen LogP contribution is 2.30. The fourth-order valence-corrected chi connectivity index (χ4v) is 1.48. The number of rotatable bonds is 2. The van der Waals surface area contributed by atoms with Crippen LogP contribution in [0.5, 0.6) is 0 Å². The lowest BCUT2D eigenvalue weighted by Gasteiger charge is -2.10. The zero-order valence-electron chi connectivity index (χ0n) is 7.80. The molecule has 0 bridgehead atoms. The Morgan fingerprint density at radius 2 is 2.13 bits per heavy atom. The van der Waals surface area contributed by atoms with Crippen molar-refractivity contribution < 1.29 is 4.79 Å². The maximum Gasteiger partial charge on any atom is 0.255 e. The summed E-state index contributed by atoms with van der Waals surface area (Å²) in [7, 11) is 1.65. The van der Waals surface area contributed by atoms with Gasteiger partial charge >= 0.3 is 0 Å². The van der Waals surface area contributed by atoms with Gasteiger partial charge in [-0.2, -0.15) is 5.26 Å². The van der Waals surface area contributed by atoms with Gasteiger partial charge in [0.25, 0.3) is 3.79 Å². The van der Waals surface area contributed by atoms with E-state index in [4.69, 9.17) is 40.1 Å². The molecule has 15 heavy (non-hydrogen) atoms. The van der Waals surface area contributed by atoms with E-state index in [-0.39, 0.29) is 12.1 Å². The van der Waals surface area contributed by atoms with E-state index in [0.717, 1.165) is 0 Å². The molecule has 0 spiro atoms. The monoisotopic (exact) mass is 264 g/mol. The van der Waals surface area contributed by atoms with Crippen molar-refractivity contribution in [1.82, 2.24) is 4.57 Å². The van der Waals surface area contributed by atoms with Crippen LogP contribution in [0, 0.1) is 11.3 Å². The first kappa shape index (κ1) is 12.4. The largest absolute Gasteiger partial charge is 0.344 e. The number of aromatic nitrogens is 1. The molecule has 0 aliphatic heterocycles. The smallest absolute Gasteiger partial charge is 0.255 e. The summed E-state index contributed by atoms with van der Waals surface area (Å²) in [6, 6.07) is 5.18. The number of hydrogen-bond acceptors (Lipinski definition) is 2. The summed E-state index contributed by atoms with van der Waals surface area (Å²) in [5.74, 6) is -0.598.